The standard InChI is InChI=1S/C6H9NO2/c1-5(8)3-6(2,9)4-7/h9H,3H2,1-2H3/t6-/m0/s1. The molecule has 1 atom stereocenters. The van der Waals surface area contributed by atoms with E-state index in [-0.39, 0.29) is 12.2 Å². The van der Waals surface area contributed by atoms with Crippen LogP contribution in [0, 0.1) is 11.3 Å². The molecule has 0 aromatic rings. The van der Waals surface area contributed by atoms with Crippen LogP contribution in [0.4, 0.5) is 0 Å². The fourth-order valence-electron chi connectivity index (χ4n) is 0.524. The monoisotopic (exact) mass is 127 g/mol. The quantitative estimate of drug-likeness (QED) is 0.540. The van der Waals surface area contributed by atoms with Gasteiger partial charge in [0.2, 0.25) is 0 Å². The Morgan fingerprint density at radius 3 is 2.44 bits per heavy atom. The summed E-state index contributed by atoms with van der Waals surface area (Å²) in [6.07, 6.45) is -0.0938. The van der Waals surface area contributed by atoms with E-state index >= 15 is 0 Å². The van der Waals surface area contributed by atoms with Crippen LogP contribution in [-0.2, 0) is 4.79 Å². The second kappa shape index (κ2) is 2.60. The lowest BCUT2D eigenvalue weighted by molar-refractivity contribution is -0.119. The zero-order chi connectivity index (χ0) is 7.49. The minimum atomic E-state index is -1.48. The van der Waals surface area contributed by atoms with Crippen molar-refractivity contribution in [2.24, 2.45) is 0 Å². The molecule has 0 amide bonds. The molecule has 0 rings (SSSR count). The van der Waals surface area contributed by atoms with Crippen molar-refractivity contribution in [1.82, 2.24) is 0 Å². The van der Waals surface area contributed by atoms with Gasteiger partial charge in [-0.3, -0.25) is 4.79 Å². The zero-order valence-corrected chi connectivity index (χ0v) is 5.51. The van der Waals surface area contributed by atoms with Crippen LogP contribution in [0.5, 0.6) is 0 Å². The average Bonchev–Trinajstić information content (AvgIpc) is 1.63. The van der Waals surface area contributed by atoms with Crippen molar-refractivity contribution >= 4 is 5.78 Å². The molecule has 0 spiro atoms. The molecule has 0 aliphatic heterocycles. The Balaban J connectivity index is 3.91. The summed E-state index contributed by atoms with van der Waals surface area (Å²) < 4.78 is 0. The van der Waals surface area contributed by atoms with Crippen molar-refractivity contribution in [3.8, 4) is 6.07 Å². The van der Waals surface area contributed by atoms with Gasteiger partial charge in [-0.25, -0.2) is 0 Å². The maximum Gasteiger partial charge on any atom is 0.155 e. The smallest absolute Gasteiger partial charge is 0.155 e. The van der Waals surface area contributed by atoms with E-state index in [1.807, 2.05) is 0 Å². The van der Waals surface area contributed by atoms with Gasteiger partial charge in [0.25, 0.3) is 0 Å². The van der Waals surface area contributed by atoms with E-state index in [2.05, 4.69) is 0 Å². The maximum atomic E-state index is 10.3. The molecular weight excluding hydrogens is 118 g/mol. The highest BCUT2D eigenvalue weighted by atomic mass is 16.3. The van der Waals surface area contributed by atoms with Crippen molar-refractivity contribution < 1.29 is 9.90 Å². The normalized spacial score (nSPS) is 15.8. The third-order valence-electron chi connectivity index (χ3n) is 0.834. The zero-order valence-electron chi connectivity index (χ0n) is 5.51. The molecule has 3 heteroatoms. The molecule has 9 heavy (non-hydrogen) atoms. The second-order valence-electron chi connectivity index (χ2n) is 2.26. The largest absolute Gasteiger partial charge is 0.375 e. The summed E-state index contributed by atoms with van der Waals surface area (Å²) in [4.78, 5) is 10.3. The number of nitrogens with zero attached hydrogens (tertiary/aromatic N) is 1. The summed E-state index contributed by atoms with van der Waals surface area (Å²) in [6, 6.07) is 1.61. The van der Waals surface area contributed by atoms with Gasteiger partial charge in [0.15, 0.2) is 5.60 Å². The first kappa shape index (κ1) is 8.12. The molecule has 50 valence electrons. The van der Waals surface area contributed by atoms with E-state index in [4.69, 9.17) is 10.4 Å². The van der Waals surface area contributed by atoms with Gasteiger partial charge in [-0.15, -0.1) is 0 Å². The van der Waals surface area contributed by atoms with Crippen molar-refractivity contribution in [3.63, 3.8) is 0 Å². The Labute approximate surface area is 53.9 Å². The third-order valence-corrected chi connectivity index (χ3v) is 0.834. The summed E-state index contributed by atoms with van der Waals surface area (Å²) in [5, 5.41) is 17.1. The highest BCUT2D eigenvalue weighted by Gasteiger charge is 2.20. The molecule has 0 aromatic carbocycles. The maximum absolute atomic E-state index is 10.3. The molecule has 0 aromatic heterocycles. The Morgan fingerprint density at radius 1 is 1.89 bits per heavy atom. The Morgan fingerprint density at radius 2 is 2.33 bits per heavy atom. The van der Waals surface area contributed by atoms with E-state index in [1.54, 1.807) is 6.07 Å². The lowest BCUT2D eigenvalue weighted by Crippen LogP contribution is -2.24. The summed E-state index contributed by atoms with van der Waals surface area (Å²) in [6.45, 7) is 2.65. The van der Waals surface area contributed by atoms with Crippen LogP contribution in [0.3, 0.4) is 0 Å². The molecule has 0 saturated heterocycles. The fraction of sp³-hybridized carbons (Fsp3) is 0.667. The van der Waals surface area contributed by atoms with Crippen LogP contribution in [-0.4, -0.2) is 16.5 Å². The minimum Gasteiger partial charge on any atom is -0.375 e. The van der Waals surface area contributed by atoms with Gasteiger partial charge in [-0.1, -0.05) is 0 Å². The van der Waals surface area contributed by atoms with Gasteiger partial charge in [0.05, 0.1) is 6.07 Å². The number of hydrogen-bond acceptors (Lipinski definition) is 3. The average molecular weight is 127 g/mol. The highest BCUT2D eigenvalue weighted by Crippen LogP contribution is 2.06. The molecule has 0 aliphatic rings. The number of Topliss-reactive ketones (excluding diaryl/α,β-unsaturated/α-hetero) is 1. The van der Waals surface area contributed by atoms with E-state index in [1.165, 1.54) is 13.8 Å². The molecule has 0 radical (unpaired) electrons. The summed E-state index contributed by atoms with van der Waals surface area (Å²) in [5.41, 5.74) is -1.48. The number of aliphatic hydroxyl groups is 1. The topological polar surface area (TPSA) is 61.1 Å². The second-order valence-corrected chi connectivity index (χ2v) is 2.26. The van der Waals surface area contributed by atoms with Crippen LogP contribution in [0.25, 0.3) is 0 Å². The molecule has 0 bridgehead atoms. The van der Waals surface area contributed by atoms with E-state index in [0.29, 0.717) is 0 Å². The highest BCUT2D eigenvalue weighted by molar-refractivity contribution is 5.77. The number of carbonyl (C=O) groups excluding carboxylic acids is 1. The van der Waals surface area contributed by atoms with Crippen molar-refractivity contribution in [1.29, 1.82) is 5.26 Å². The summed E-state index contributed by atoms with van der Waals surface area (Å²) >= 11 is 0. The van der Waals surface area contributed by atoms with Crippen LogP contribution >= 0.6 is 0 Å². The minimum absolute atomic E-state index is 0.0938. The van der Waals surface area contributed by atoms with Crippen LogP contribution < -0.4 is 0 Å². The molecule has 1 N–H and O–H groups in total. The lowest BCUT2D eigenvalue weighted by atomic mass is 10.0. The van der Waals surface area contributed by atoms with Crippen LogP contribution in [0.2, 0.25) is 0 Å². The lowest BCUT2D eigenvalue weighted by Gasteiger charge is -2.09. The molecule has 0 unspecified atom stereocenters. The van der Waals surface area contributed by atoms with Crippen molar-refractivity contribution in [2.45, 2.75) is 25.9 Å². The van der Waals surface area contributed by atoms with E-state index < -0.39 is 5.60 Å². The molecular formula is C6H9NO2. The van der Waals surface area contributed by atoms with E-state index in [9.17, 15) is 4.79 Å². The fourth-order valence-corrected chi connectivity index (χ4v) is 0.524. The SMILES string of the molecule is CC(=O)C[C@](C)(O)C#N. The number of rotatable bonds is 2. The number of hydrogen-bond donors (Lipinski definition) is 1. The summed E-state index contributed by atoms with van der Waals surface area (Å²) in [7, 11) is 0. The molecule has 0 saturated carbocycles. The molecule has 0 fully saturated rings. The molecule has 0 aliphatic carbocycles. The van der Waals surface area contributed by atoms with Crippen LogP contribution in [0.15, 0.2) is 0 Å². The summed E-state index contributed by atoms with van der Waals surface area (Å²) in [5.74, 6) is -0.179. The van der Waals surface area contributed by atoms with Gasteiger partial charge >= 0.3 is 0 Å². The van der Waals surface area contributed by atoms with Gasteiger partial charge < -0.3 is 5.11 Å². The van der Waals surface area contributed by atoms with Crippen molar-refractivity contribution in [2.75, 3.05) is 0 Å². The number of ketones is 1. The third kappa shape index (κ3) is 3.68. The molecule has 0 heterocycles. The van der Waals surface area contributed by atoms with E-state index in [0.717, 1.165) is 0 Å². The van der Waals surface area contributed by atoms with Gasteiger partial charge in [0.1, 0.15) is 5.78 Å². The number of carbonyl (C=O) groups is 1. The van der Waals surface area contributed by atoms with Crippen molar-refractivity contribution in [3.05, 3.63) is 0 Å². The first-order valence-electron chi connectivity index (χ1n) is 2.61. The Kier molecular flexibility index (Phi) is 2.35. The first-order chi connectivity index (χ1) is 3.98. The van der Waals surface area contributed by atoms with Gasteiger partial charge in [-0.05, 0) is 13.8 Å². The van der Waals surface area contributed by atoms with Gasteiger partial charge in [-0.2, -0.15) is 5.26 Å². The van der Waals surface area contributed by atoms with Gasteiger partial charge in [0, 0.05) is 6.42 Å². The predicted molar refractivity (Wildman–Crippen MR) is 31.5 cm³/mol. The first-order valence-corrected chi connectivity index (χ1v) is 2.61. The molecule has 3 nitrogen and oxygen atoms in total. The Hall–Kier alpha value is -0.880. The Bertz CT molecular complexity index is 155. The number of nitriles is 1. The predicted octanol–water partition coefficient (Wildman–Crippen LogP) is 0.240. The van der Waals surface area contributed by atoms with Crippen LogP contribution in [0.1, 0.15) is 20.3 Å².